The molecular formula is C27H28FN3O5. The van der Waals surface area contributed by atoms with Gasteiger partial charge in [0.2, 0.25) is 0 Å². The molecule has 3 N–H and O–H groups in total. The highest BCUT2D eigenvalue weighted by molar-refractivity contribution is 5.93. The van der Waals surface area contributed by atoms with Crippen molar-refractivity contribution in [2.75, 3.05) is 19.7 Å². The maximum atomic E-state index is 14.9. The molecule has 0 fully saturated rings. The molecule has 188 valence electrons. The molecule has 1 unspecified atom stereocenters. The molecule has 0 bridgehead atoms. The van der Waals surface area contributed by atoms with Gasteiger partial charge in [0.05, 0.1) is 35.6 Å². The second-order valence-electron chi connectivity index (χ2n) is 9.98. The van der Waals surface area contributed by atoms with Crippen molar-refractivity contribution in [3.05, 3.63) is 61.7 Å². The highest BCUT2D eigenvalue weighted by atomic mass is 19.1. The quantitative estimate of drug-likeness (QED) is 0.288. The molecule has 9 heteroatoms. The predicted octanol–water partition coefficient (Wildman–Crippen LogP) is 2.14. The van der Waals surface area contributed by atoms with Gasteiger partial charge in [-0.25, -0.2) is 14.2 Å². The number of cyclic esters (lactones) is 1. The summed E-state index contributed by atoms with van der Waals surface area (Å²) in [5.74, 6) is -0.971. The normalized spacial score (nSPS) is 21.8. The van der Waals surface area contributed by atoms with Crippen molar-refractivity contribution in [2.45, 2.75) is 57.8 Å². The summed E-state index contributed by atoms with van der Waals surface area (Å²) in [6, 6.07) is 3.14. The van der Waals surface area contributed by atoms with Gasteiger partial charge in [-0.1, -0.05) is 6.92 Å². The number of pyridine rings is 2. The van der Waals surface area contributed by atoms with E-state index in [0.29, 0.717) is 42.1 Å². The summed E-state index contributed by atoms with van der Waals surface area (Å²) in [5.41, 5.74) is 3.51. The van der Waals surface area contributed by atoms with Gasteiger partial charge in [0.1, 0.15) is 12.4 Å². The number of hydrogen-bond donors (Lipinski definition) is 3. The van der Waals surface area contributed by atoms with Crippen molar-refractivity contribution >= 4 is 16.9 Å². The van der Waals surface area contributed by atoms with E-state index in [1.165, 1.54) is 6.07 Å². The fourth-order valence-electron chi connectivity index (χ4n) is 6.21. The van der Waals surface area contributed by atoms with Crippen molar-refractivity contribution in [1.29, 1.82) is 0 Å². The van der Waals surface area contributed by atoms with Crippen LogP contribution in [0.3, 0.4) is 0 Å². The van der Waals surface area contributed by atoms with Gasteiger partial charge in [0.15, 0.2) is 5.60 Å². The van der Waals surface area contributed by atoms with E-state index in [1.54, 1.807) is 24.5 Å². The monoisotopic (exact) mass is 493 g/mol. The van der Waals surface area contributed by atoms with Crippen LogP contribution >= 0.6 is 0 Å². The number of nitrogens with zero attached hydrogens (tertiary/aromatic N) is 2. The smallest absolute Gasteiger partial charge is 0.343 e. The number of aliphatic hydroxyl groups is 2. The molecule has 3 aliphatic rings. The van der Waals surface area contributed by atoms with Gasteiger partial charge in [-0.05, 0) is 54.9 Å². The number of halogens is 1. The molecule has 6 rings (SSSR count). The zero-order chi connectivity index (χ0) is 25.4. The molecule has 2 aliphatic heterocycles. The Morgan fingerprint density at radius 1 is 1.28 bits per heavy atom. The first-order chi connectivity index (χ1) is 17.3. The van der Waals surface area contributed by atoms with Gasteiger partial charge in [-0.15, -0.1) is 0 Å². The third-order valence-corrected chi connectivity index (χ3v) is 8.18. The number of rotatable bonds is 5. The zero-order valence-electron chi connectivity index (χ0n) is 20.3. The van der Waals surface area contributed by atoms with Crippen LogP contribution in [-0.4, -0.2) is 45.4 Å². The Hall–Kier alpha value is -3.14. The second kappa shape index (κ2) is 8.19. The number of fused-ring (bicyclic) bond motifs is 5. The third-order valence-electron chi connectivity index (χ3n) is 8.18. The minimum atomic E-state index is -1.90. The van der Waals surface area contributed by atoms with Crippen LogP contribution in [0.4, 0.5) is 4.39 Å². The molecule has 3 aromatic rings. The van der Waals surface area contributed by atoms with Gasteiger partial charge in [0.25, 0.3) is 5.56 Å². The van der Waals surface area contributed by atoms with E-state index in [-0.39, 0.29) is 48.1 Å². The fourth-order valence-corrected chi connectivity index (χ4v) is 6.21. The highest BCUT2D eigenvalue weighted by Crippen LogP contribution is 2.46. The number of aromatic nitrogens is 2. The SMILES string of the molecule is CC[C@@]1(O)C(=O)OCc2c1cc1n(c2=O)Cc2c-1nc1cc(F)c(C)c3c1c2C(CNCCO)CC3. The average molecular weight is 494 g/mol. The summed E-state index contributed by atoms with van der Waals surface area (Å²) in [7, 11) is 0. The summed E-state index contributed by atoms with van der Waals surface area (Å²) >= 11 is 0. The minimum absolute atomic E-state index is 0.0327. The summed E-state index contributed by atoms with van der Waals surface area (Å²) in [5, 5.41) is 24.6. The topological polar surface area (TPSA) is 114 Å². The Kier molecular flexibility index (Phi) is 5.30. The highest BCUT2D eigenvalue weighted by Gasteiger charge is 2.45. The molecule has 1 aromatic carbocycles. The summed E-state index contributed by atoms with van der Waals surface area (Å²) in [6.45, 7) is 4.73. The van der Waals surface area contributed by atoms with Crippen LogP contribution in [0.1, 0.15) is 59.1 Å². The molecule has 0 radical (unpaired) electrons. The Morgan fingerprint density at radius 2 is 2.08 bits per heavy atom. The van der Waals surface area contributed by atoms with E-state index in [1.807, 2.05) is 0 Å². The number of hydrogen-bond acceptors (Lipinski definition) is 7. The average Bonchev–Trinajstić information content (AvgIpc) is 3.24. The Bertz CT molecular complexity index is 1510. The lowest BCUT2D eigenvalue weighted by Crippen LogP contribution is -2.44. The molecule has 0 spiro atoms. The molecule has 0 saturated carbocycles. The molecule has 4 heterocycles. The molecular weight excluding hydrogens is 465 g/mol. The lowest BCUT2D eigenvalue weighted by Gasteiger charge is -2.31. The fraction of sp³-hybridized carbons (Fsp3) is 0.444. The summed E-state index contributed by atoms with van der Waals surface area (Å²) in [6.07, 6.45) is 1.60. The minimum Gasteiger partial charge on any atom is -0.458 e. The van der Waals surface area contributed by atoms with Crippen molar-refractivity contribution in [2.24, 2.45) is 0 Å². The number of aryl methyl sites for hydroxylation is 1. The molecule has 2 atom stereocenters. The number of benzene rings is 1. The van der Waals surface area contributed by atoms with Gasteiger partial charge in [-0.3, -0.25) is 4.79 Å². The van der Waals surface area contributed by atoms with Gasteiger partial charge in [-0.2, -0.15) is 0 Å². The Morgan fingerprint density at radius 3 is 2.83 bits per heavy atom. The van der Waals surface area contributed by atoms with Crippen LogP contribution in [0.5, 0.6) is 0 Å². The molecule has 0 saturated heterocycles. The van der Waals surface area contributed by atoms with Crippen LogP contribution in [-0.2, 0) is 34.7 Å². The van der Waals surface area contributed by atoms with E-state index in [4.69, 9.17) is 9.72 Å². The van der Waals surface area contributed by atoms with Crippen molar-refractivity contribution < 1.29 is 24.1 Å². The predicted molar refractivity (Wildman–Crippen MR) is 130 cm³/mol. The van der Waals surface area contributed by atoms with E-state index < -0.39 is 11.6 Å². The number of ether oxygens (including phenoxy) is 1. The molecule has 36 heavy (non-hydrogen) atoms. The van der Waals surface area contributed by atoms with Gasteiger partial charge >= 0.3 is 5.97 Å². The van der Waals surface area contributed by atoms with Crippen LogP contribution in [0, 0.1) is 12.7 Å². The maximum absolute atomic E-state index is 14.9. The van der Waals surface area contributed by atoms with Crippen molar-refractivity contribution in [3.63, 3.8) is 0 Å². The van der Waals surface area contributed by atoms with E-state index >= 15 is 0 Å². The maximum Gasteiger partial charge on any atom is 0.343 e. The standard InChI is InChI=1S/C27H28FN3O5/c1-3-27(35)18-8-21-24-16(11-31(21)25(33)17(18)12-36-26(27)34)22-14(10-29-6-7-32)4-5-15-13(2)19(28)9-20(30-24)23(15)22/h8-9,14,29,32,35H,3-7,10-12H2,1-2H3/t14?,27-/m0/s1. The summed E-state index contributed by atoms with van der Waals surface area (Å²) < 4.78 is 21.7. The van der Waals surface area contributed by atoms with Gasteiger partial charge < -0.3 is 24.8 Å². The molecule has 2 aromatic heterocycles. The number of nitrogens with one attached hydrogen (secondary N) is 1. The number of carbonyl (C=O) groups excluding carboxylic acids is 1. The number of esters is 1. The van der Waals surface area contributed by atoms with Crippen LogP contribution in [0.15, 0.2) is 16.9 Å². The second-order valence-corrected chi connectivity index (χ2v) is 9.98. The Balaban J connectivity index is 1.63. The van der Waals surface area contributed by atoms with E-state index in [2.05, 4.69) is 5.32 Å². The lowest BCUT2D eigenvalue weighted by molar-refractivity contribution is -0.172. The summed E-state index contributed by atoms with van der Waals surface area (Å²) in [4.78, 5) is 30.9. The van der Waals surface area contributed by atoms with Crippen LogP contribution in [0.2, 0.25) is 0 Å². The first-order valence-corrected chi connectivity index (χ1v) is 12.4. The van der Waals surface area contributed by atoms with E-state index in [0.717, 1.165) is 34.9 Å². The van der Waals surface area contributed by atoms with Crippen LogP contribution < -0.4 is 10.9 Å². The Labute approximate surface area is 206 Å². The van der Waals surface area contributed by atoms with Crippen LogP contribution in [0.25, 0.3) is 22.3 Å². The van der Waals surface area contributed by atoms with Crippen molar-refractivity contribution in [3.8, 4) is 11.4 Å². The third kappa shape index (κ3) is 3.06. The lowest BCUT2D eigenvalue weighted by atomic mass is 9.78. The first kappa shape index (κ1) is 23.3. The first-order valence-electron chi connectivity index (χ1n) is 12.4. The van der Waals surface area contributed by atoms with Crippen molar-refractivity contribution in [1.82, 2.24) is 14.9 Å². The largest absolute Gasteiger partial charge is 0.458 e. The molecule has 1 aliphatic carbocycles. The zero-order valence-corrected chi connectivity index (χ0v) is 20.3. The van der Waals surface area contributed by atoms with Gasteiger partial charge in [0, 0.05) is 35.7 Å². The van der Waals surface area contributed by atoms with E-state index in [9.17, 15) is 24.2 Å². The molecule has 8 nitrogen and oxygen atoms in total. The molecule has 0 amide bonds. The number of carbonyl (C=O) groups is 1. The number of aliphatic hydroxyl groups excluding tert-OH is 1.